The molecule has 0 aromatic heterocycles. The van der Waals surface area contributed by atoms with Crippen LogP contribution in [-0.4, -0.2) is 33.4 Å². The topological polar surface area (TPSA) is 94.8 Å². The molecule has 0 radical (unpaired) electrons. The number of aliphatic hydroxyl groups is 1. The molecule has 118 valence electrons. The van der Waals surface area contributed by atoms with E-state index in [1.807, 2.05) is 0 Å². The molecule has 0 saturated heterocycles. The van der Waals surface area contributed by atoms with E-state index < -0.39 is 18.0 Å². The summed E-state index contributed by atoms with van der Waals surface area (Å²) < 4.78 is 0. The van der Waals surface area contributed by atoms with Crippen molar-refractivity contribution in [1.82, 2.24) is 0 Å². The fourth-order valence-corrected chi connectivity index (χ4v) is 2.15. The predicted octanol–water partition coefficient (Wildman–Crippen LogP) is 3.20. The first-order chi connectivity index (χ1) is 9.54. The quantitative estimate of drug-likeness (QED) is 0.427. The van der Waals surface area contributed by atoms with Gasteiger partial charge in [-0.2, -0.15) is 0 Å². The third-order valence-corrected chi connectivity index (χ3v) is 3.40. The van der Waals surface area contributed by atoms with Crippen molar-refractivity contribution in [2.75, 3.05) is 0 Å². The summed E-state index contributed by atoms with van der Waals surface area (Å²) in [6.07, 6.45) is 9.82. The zero-order valence-electron chi connectivity index (χ0n) is 12.2. The van der Waals surface area contributed by atoms with Crippen molar-refractivity contribution < 1.29 is 24.9 Å². The molecular weight excluding hydrogens is 260 g/mol. The molecule has 1 atom stereocenters. The highest BCUT2D eigenvalue weighted by Gasteiger charge is 2.11. The molecule has 0 aromatic carbocycles. The van der Waals surface area contributed by atoms with Crippen LogP contribution < -0.4 is 0 Å². The molecule has 0 heterocycles. The normalized spacial score (nSPS) is 12.2. The first-order valence-corrected chi connectivity index (χ1v) is 7.66. The molecule has 0 aliphatic rings. The van der Waals surface area contributed by atoms with Gasteiger partial charge in [-0.3, -0.25) is 4.79 Å². The molecule has 0 saturated carbocycles. The zero-order valence-corrected chi connectivity index (χ0v) is 12.2. The maximum atomic E-state index is 10.4. The molecule has 0 bridgehead atoms. The highest BCUT2D eigenvalue weighted by atomic mass is 16.4. The Hall–Kier alpha value is -1.10. The van der Waals surface area contributed by atoms with E-state index in [0.717, 1.165) is 51.4 Å². The first-order valence-electron chi connectivity index (χ1n) is 7.66. The lowest BCUT2D eigenvalue weighted by molar-refractivity contribution is -0.147. The standard InChI is InChI=1S/C15H28O5/c16-13(15(19)20)11-9-7-5-3-1-2-4-6-8-10-12-14(17)18/h13,16H,1-12H2,(H,17,18)(H,19,20). The summed E-state index contributed by atoms with van der Waals surface area (Å²) in [6.45, 7) is 0. The van der Waals surface area contributed by atoms with Crippen LogP contribution in [0.25, 0.3) is 0 Å². The average molecular weight is 288 g/mol. The molecule has 0 spiro atoms. The largest absolute Gasteiger partial charge is 0.481 e. The van der Waals surface area contributed by atoms with Gasteiger partial charge in [0, 0.05) is 6.42 Å². The summed E-state index contributed by atoms with van der Waals surface area (Å²) in [7, 11) is 0. The molecule has 0 aliphatic carbocycles. The molecule has 5 nitrogen and oxygen atoms in total. The molecular formula is C15H28O5. The van der Waals surface area contributed by atoms with E-state index in [1.54, 1.807) is 0 Å². The molecule has 0 amide bonds. The van der Waals surface area contributed by atoms with Crippen LogP contribution in [0.5, 0.6) is 0 Å². The lowest BCUT2D eigenvalue weighted by Crippen LogP contribution is -2.18. The molecule has 0 rings (SSSR count). The molecule has 0 fully saturated rings. The minimum Gasteiger partial charge on any atom is -0.481 e. The van der Waals surface area contributed by atoms with Gasteiger partial charge < -0.3 is 15.3 Å². The summed E-state index contributed by atoms with van der Waals surface area (Å²) in [6, 6.07) is 0. The van der Waals surface area contributed by atoms with Crippen molar-refractivity contribution in [1.29, 1.82) is 0 Å². The van der Waals surface area contributed by atoms with Crippen LogP contribution in [0, 0.1) is 0 Å². The third kappa shape index (κ3) is 13.3. The number of carbonyl (C=O) groups is 2. The minimum atomic E-state index is -1.21. The SMILES string of the molecule is O=C(O)CCCCCCCCCCCCC(O)C(=O)O. The van der Waals surface area contributed by atoms with E-state index >= 15 is 0 Å². The number of carboxylic acid groups (broad SMARTS) is 2. The maximum absolute atomic E-state index is 10.4. The zero-order chi connectivity index (χ0) is 15.2. The highest BCUT2D eigenvalue weighted by molar-refractivity contribution is 5.71. The molecule has 3 N–H and O–H groups in total. The smallest absolute Gasteiger partial charge is 0.332 e. The van der Waals surface area contributed by atoms with Gasteiger partial charge in [-0.25, -0.2) is 4.79 Å². The third-order valence-electron chi connectivity index (χ3n) is 3.40. The van der Waals surface area contributed by atoms with Crippen LogP contribution in [0.4, 0.5) is 0 Å². The Kier molecular flexibility index (Phi) is 12.2. The second kappa shape index (κ2) is 12.9. The molecule has 0 aliphatic heterocycles. The predicted molar refractivity (Wildman–Crippen MR) is 76.7 cm³/mol. The number of hydrogen-bond acceptors (Lipinski definition) is 3. The summed E-state index contributed by atoms with van der Waals surface area (Å²) in [5.41, 5.74) is 0. The monoisotopic (exact) mass is 288 g/mol. The van der Waals surface area contributed by atoms with Crippen LogP contribution in [0.1, 0.15) is 77.0 Å². The lowest BCUT2D eigenvalue weighted by Gasteiger charge is -2.05. The number of unbranched alkanes of at least 4 members (excludes halogenated alkanes) is 9. The Morgan fingerprint density at radius 3 is 1.50 bits per heavy atom. The van der Waals surface area contributed by atoms with E-state index in [0.29, 0.717) is 6.42 Å². The van der Waals surface area contributed by atoms with E-state index in [4.69, 9.17) is 15.3 Å². The number of aliphatic hydroxyl groups excluding tert-OH is 1. The van der Waals surface area contributed by atoms with E-state index in [2.05, 4.69) is 0 Å². The van der Waals surface area contributed by atoms with Crippen LogP contribution in [0.2, 0.25) is 0 Å². The van der Waals surface area contributed by atoms with Crippen molar-refractivity contribution in [3.05, 3.63) is 0 Å². The van der Waals surface area contributed by atoms with Gasteiger partial charge in [0.15, 0.2) is 6.10 Å². The molecule has 20 heavy (non-hydrogen) atoms. The van der Waals surface area contributed by atoms with Gasteiger partial charge in [-0.15, -0.1) is 0 Å². The van der Waals surface area contributed by atoms with Gasteiger partial charge in [0.1, 0.15) is 0 Å². The van der Waals surface area contributed by atoms with Crippen LogP contribution in [0.15, 0.2) is 0 Å². The van der Waals surface area contributed by atoms with Crippen molar-refractivity contribution >= 4 is 11.9 Å². The molecule has 0 aromatic rings. The van der Waals surface area contributed by atoms with E-state index in [-0.39, 0.29) is 6.42 Å². The van der Waals surface area contributed by atoms with Gasteiger partial charge in [-0.05, 0) is 12.8 Å². The van der Waals surface area contributed by atoms with Gasteiger partial charge in [0.25, 0.3) is 0 Å². The number of carboxylic acids is 2. The fourth-order valence-electron chi connectivity index (χ4n) is 2.15. The summed E-state index contributed by atoms with van der Waals surface area (Å²) >= 11 is 0. The van der Waals surface area contributed by atoms with Gasteiger partial charge in [0.05, 0.1) is 0 Å². The maximum Gasteiger partial charge on any atom is 0.332 e. The van der Waals surface area contributed by atoms with Crippen molar-refractivity contribution in [2.45, 2.75) is 83.2 Å². The van der Waals surface area contributed by atoms with Gasteiger partial charge in [0.2, 0.25) is 0 Å². The first kappa shape index (κ1) is 18.9. The van der Waals surface area contributed by atoms with Crippen LogP contribution in [-0.2, 0) is 9.59 Å². The second-order valence-electron chi connectivity index (χ2n) is 5.32. The van der Waals surface area contributed by atoms with Gasteiger partial charge in [-0.1, -0.05) is 57.8 Å². The van der Waals surface area contributed by atoms with Crippen LogP contribution >= 0.6 is 0 Å². The van der Waals surface area contributed by atoms with Gasteiger partial charge >= 0.3 is 11.9 Å². The second-order valence-corrected chi connectivity index (χ2v) is 5.32. The lowest BCUT2D eigenvalue weighted by atomic mass is 10.0. The van der Waals surface area contributed by atoms with Crippen LogP contribution in [0.3, 0.4) is 0 Å². The molecule has 1 unspecified atom stereocenters. The number of hydrogen-bond donors (Lipinski definition) is 3. The fraction of sp³-hybridized carbons (Fsp3) is 0.867. The van der Waals surface area contributed by atoms with E-state index in [1.165, 1.54) is 12.8 Å². The van der Waals surface area contributed by atoms with Crippen molar-refractivity contribution in [3.63, 3.8) is 0 Å². The highest BCUT2D eigenvalue weighted by Crippen LogP contribution is 2.12. The molecule has 5 heteroatoms. The average Bonchev–Trinajstić information content (AvgIpc) is 2.39. The Morgan fingerprint density at radius 2 is 1.10 bits per heavy atom. The summed E-state index contributed by atoms with van der Waals surface area (Å²) in [4.78, 5) is 20.7. The summed E-state index contributed by atoms with van der Waals surface area (Å²) in [5.74, 6) is -1.84. The Bertz CT molecular complexity index is 265. The van der Waals surface area contributed by atoms with Crippen molar-refractivity contribution in [2.24, 2.45) is 0 Å². The number of aliphatic carboxylic acids is 2. The van der Waals surface area contributed by atoms with E-state index in [9.17, 15) is 9.59 Å². The summed E-state index contributed by atoms with van der Waals surface area (Å²) in [5, 5.41) is 26.0. The Morgan fingerprint density at radius 1 is 0.700 bits per heavy atom. The van der Waals surface area contributed by atoms with Crippen molar-refractivity contribution in [3.8, 4) is 0 Å². The Labute approximate surface area is 121 Å². The minimum absolute atomic E-state index is 0.280. The Balaban J connectivity index is 3.10. The number of rotatable bonds is 14.